The highest BCUT2D eigenvalue weighted by Gasteiger charge is 2.51. The first-order chi connectivity index (χ1) is 11.9. The zero-order valence-electron chi connectivity index (χ0n) is 14.6. The van der Waals surface area contributed by atoms with Crippen molar-refractivity contribution in [2.24, 2.45) is 11.1 Å². The fourth-order valence-corrected chi connectivity index (χ4v) is 3.60. The molecule has 3 N–H and O–H groups in total. The largest absolute Gasteiger partial charge is 0.370 e. The number of amides is 1. The average Bonchev–Trinajstić information content (AvgIpc) is 3.41. The van der Waals surface area contributed by atoms with Gasteiger partial charge in [0.25, 0.3) is 0 Å². The van der Waals surface area contributed by atoms with Crippen molar-refractivity contribution in [3.8, 4) is 11.1 Å². The molecular weight excluding hydrogens is 330 g/mol. The van der Waals surface area contributed by atoms with Gasteiger partial charge in [-0.2, -0.15) is 0 Å². The third-order valence-electron chi connectivity index (χ3n) is 4.85. The van der Waals surface area contributed by atoms with Crippen LogP contribution in [0.5, 0.6) is 0 Å². The summed E-state index contributed by atoms with van der Waals surface area (Å²) in [6, 6.07) is 16.9. The Kier molecular flexibility index (Phi) is 4.86. The molecule has 0 spiro atoms. The molecule has 1 fully saturated rings. The van der Waals surface area contributed by atoms with Gasteiger partial charge < -0.3 is 5.73 Å². The van der Waals surface area contributed by atoms with Crippen molar-refractivity contribution < 1.29 is 4.79 Å². The molecule has 1 amide bonds. The molecule has 0 heterocycles. The third kappa shape index (κ3) is 3.71. The van der Waals surface area contributed by atoms with Crippen LogP contribution in [0.15, 0.2) is 53.4 Å². The van der Waals surface area contributed by atoms with Gasteiger partial charge in [0.15, 0.2) is 5.96 Å². The highest BCUT2D eigenvalue weighted by molar-refractivity contribution is 7.98. The van der Waals surface area contributed by atoms with Gasteiger partial charge in [0.2, 0.25) is 5.91 Å². The number of rotatable bonds is 5. The van der Waals surface area contributed by atoms with E-state index in [0.29, 0.717) is 6.42 Å². The number of carbonyl (C=O) groups excluding carboxylic acids is 1. The van der Waals surface area contributed by atoms with Gasteiger partial charge in [0, 0.05) is 11.9 Å². The molecular formula is C20H23N3OS. The maximum atomic E-state index is 12.6. The Morgan fingerprint density at radius 1 is 1.20 bits per heavy atom. The second kappa shape index (κ2) is 6.92. The van der Waals surface area contributed by atoms with Crippen LogP contribution in [0, 0.1) is 10.8 Å². The Morgan fingerprint density at radius 3 is 2.44 bits per heavy atom. The predicted octanol–water partition coefficient (Wildman–Crippen LogP) is 3.75. The standard InChI is InChI=1S/C20H23N3OS/c1-23(19(21)22)18(24)20(9-10-20)13-14-5-3-6-15(11-14)16-7-4-8-17(12-16)25-2/h3-8,11-12H,9-10,13H2,1-2H3,(H3,21,22). The molecule has 0 aromatic heterocycles. The van der Waals surface area contributed by atoms with Crippen LogP contribution in [0.2, 0.25) is 0 Å². The normalized spacial score (nSPS) is 14.8. The van der Waals surface area contributed by atoms with Gasteiger partial charge in [-0.3, -0.25) is 15.1 Å². The Morgan fingerprint density at radius 2 is 1.84 bits per heavy atom. The van der Waals surface area contributed by atoms with Crippen LogP contribution in [-0.4, -0.2) is 30.1 Å². The van der Waals surface area contributed by atoms with E-state index >= 15 is 0 Å². The summed E-state index contributed by atoms with van der Waals surface area (Å²) in [5.74, 6) is -0.242. The summed E-state index contributed by atoms with van der Waals surface area (Å²) in [6.07, 6.45) is 4.48. The third-order valence-corrected chi connectivity index (χ3v) is 5.57. The minimum Gasteiger partial charge on any atom is -0.370 e. The molecule has 1 saturated carbocycles. The Bertz CT molecular complexity index is 814. The molecule has 0 saturated heterocycles. The summed E-state index contributed by atoms with van der Waals surface area (Å²) >= 11 is 1.73. The topological polar surface area (TPSA) is 70.2 Å². The first-order valence-electron chi connectivity index (χ1n) is 8.31. The van der Waals surface area contributed by atoms with E-state index in [9.17, 15) is 4.79 Å². The highest BCUT2D eigenvalue weighted by Crippen LogP contribution is 2.50. The molecule has 0 unspecified atom stereocenters. The maximum absolute atomic E-state index is 12.6. The van der Waals surface area contributed by atoms with E-state index in [1.165, 1.54) is 15.4 Å². The zero-order chi connectivity index (χ0) is 18.0. The van der Waals surface area contributed by atoms with E-state index < -0.39 is 0 Å². The van der Waals surface area contributed by atoms with Crippen molar-refractivity contribution in [2.75, 3.05) is 13.3 Å². The Balaban J connectivity index is 1.83. The summed E-state index contributed by atoms with van der Waals surface area (Å²) < 4.78 is 0. The second-order valence-electron chi connectivity index (χ2n) is 6.64. The minimum absolute atomic E-state index is 0.0465. The molecule has 25 heavy (non-hydrogen) atoms. The van der Waals surface area contributed by atoms with Crippen LogP contribution in [0.4, 0.5) is 0 Å². The molecule has 3 rings (SSSR count). The van der Waals surface area contributed by atoms with E-state index in [0.717, 1.165) is 24.0 Å². The lowest BCUT2D eigenvalue weighted by Gasteiger charge is -2.22. The van der Waals surface area contributed by atoms with Gasteiger partial charge in [-0.15, -0.1) is 11.8 Å². The molecule has 4 nitrogen and oxygen atoms in total. The molecule has 1 aliphatic carbocycles. The lowest BCUT2D eigenvalue weighted by atomic mass is 9.93. The highest BCUT2D eigenvalue weighted by atomic mass is 32.2. The molecule has 2 aromatic carbocycles. The smallest absolute Gasteiger partial charge is 0.235 e. The Labute approximate surface area is 152 Å². The van der Waals surface area contributed by atoms with Crippen molar-refractivity contribution in [3.05, 3.63) is 54.1 Å². The number of nitrogens with one attached hydrogen (secondary N) is 1. The van der Waals surface area contributed by atoms with Crippen LogP contribution in [-0.2, 0) is 11.2 Å². The number of guanidine groups is 1. The monoisotopic (exact) mass is 353 g/mol. The average molecular weight is 353 g/mol. The minimum atomic E-state index is -0.389. The lowest BCUT2D eigenvalue weighted by Crippen LogP contribution is -2.43. The number of hydrogen-bond donors (Lipinski definition) is 2. The summed E-state index contributed by atoms with van der Waals surface area (Å²) in [5, 5.41) is 7.48. The van der Waals surface area contributed by atoms with E-state index in [4.69, 9.17) is 11.1 Å². The summed E-state index contributed by atoms with van der Waals surface area (Å²) in [7, 11) is 1.58. The summed E-state index contributed by atoms with van der Waals surface area (Å²) in [4.78, 5) is 15.1. The zero-order valence-corrected chi connectivity index (χ0v) is 15.4. The SMILES string of the molecule is CSc1cccc(-c2cccc(CC3(C(=O)N(C)C(=N)N)CC3)c2)c1. The molecule has 1 aliphatic rings. The number of hydrogen-bond acceptors (Lipinski definition) is 3. The van der Waals surface area contributed by atoms with E-state index in [2.05, 4.69) is 48.7 Å². The van der Waals surface area contributed by atoms with Gasteiger partial charge in [-0.05, 0) is 54.3 Å². The van der Waals surface area contributed by atoms with Crippen molar-refractivity contribution in [2.45, 2.75) is 24.2 Å². The van der Waals surface area contributed by atoms with E-state index in [1.807, 2.05) is 6.07 Å². The van der Waals surface area contributed by atoms with Crippen LogP contribution in [0.1, 0.15) is 18.4 Å². The quantitative estimate of drug-likeness (QED) is 0.488. The number of carbonyl (C=O) groups is 1. The van der Waals surface area contributed by atoms with E-state index in [-0.39, 0.29) is 17.3 Å². The molecule has 0 atom stereocenters. The van der Waals surface area contributed by atoms with Crippen molar-refractivity contribution in [1.82, 2.24) is 4.90 Å². The van der Waals surface area contributed by atoms with Gasteiger partial charge in [-0.1, -0.05) is 36.4 Å². The fourth-order valence-electron chi connectivity index (χ4n) is 3.14. The van der Waals surface area contributed by atoms with Gasteiger partial charge in [0.1, 0.15) is 0 Å². The summed E-state index contributed by atoms with van der Waals surface area (Å²) in [6.45, 7) is 0. The summed E-state index contributed by atoms with van der Waals surface area (Å²) in [5.41, 5.74) is 8.58. The molecule has 0 bridgehead atoms. The molecule has 0 radical (unpaired) electrons. The Hall–Kier alpha value is -2.27. The van der Waals surface area contributed by atoms with Gasteiger partial charge >= 0.3 is 0 Å². The van der Waals surface area contributed by atoms with Crippen molar-refractivity contribution in [3.63, 3.8) is 0 Å². The van der Waals surface area contributed by atoms with Gasteiger partial charge in [0.05, 0.1) is 5.41 Å². The lowest BCUT2D eigenvalue weighted by molar-refractivity contribution is -0.132. The van der Waals surface area contributed by atoms with Crippen LogP contribution >= 0.6 is 11.8 Å². The van der Waals surface area contributed by atoms with Crippen LogP contribution in [0.25, 0.3) is 11.1 Å². The number of nitrogens with two attached hydrogens (primary N) is 1. The first-order valence-corrected chi connectivity index (χ1v) is 9.53. The second-order valence-corrected chi connectivity index (χ2v) is 7.52. The molecule has 130 valence electrons. The van der Waals surface area contributed by atoms with E-state index in [1.54, 1.807) is 18.8 Å². The van der Waals surface area contributed by atoms with Crippen LogP contribution < -0.4 is 5.73 Å². The molecule has 2 aromatic rings. The first kappa shape index (κ1) is 17.5. The number of thioether (sulfide) groups is 1. The number of benzene rings is 2. The maximum Gasteiger partial charge on any atom is 0.235 e. The van der Waals surface area contributed by atoms with Crippen molar-refractivity contribution >= 4 is 23.6 Å². The van der Waals surface area contributed by atoms with Crippen molar-refractivity contribution in [1.29, 1.82) is 5.41 Å². The fraction of sp³-hybridized carbons (Fsp3) is 0.300. The number of nitrogens with zero attached hydrogens (tertiary/aromatic N) is 1. The molecule has 0 aliphatic heterocycles. The molecule has 5 heteroatoms. The van der Waals surface area contributed by atoms with Crippen LogP contribution in [0.3, 0.4) is 0 Å². The van der Waals surface area contributed by atoms with Gasteiger partial charge in [-0.25, -0.2) is 0 Å². The predicted molar refractivity (Wildman–Crippen MR) is 104 cm³/mol.